The third kappa shape index (κ3) is 2.36. The van der Waals surface area contributed by atoms with Gasteiger partial charge in [0.25, 0.3) is 0 Å². The van der Waals surface area contributed by atoms with E-state index in [0.29, 0.717) is 13.0 Å². The number of carboxylic acid groups (broad SMARTS) is 1. The molecule has 2 rings (SSSR count). The normalized spacial score (nSPS) is 26.0. The molecule has 1 N–H and O–H groups in total. The lowest BCUT2D eigenvalue weighted by molar-refractivity contribution is -0.153. The van der Waals surface area contributed by atoms with E-state index in [2.05, 4.69) is 0 Å². The van der Waals surface area contributed by atoms with Gasteiger partial charge in [0.15, 0.2) is 0 Å². The number of hydrogen-bond donors (Lipinski definition) is 1. The zero-order chi connectivity index (χ0) is 12.5. The van der Waals surface area contributed by atoms with Crippen molar-refractivity contribution >= 4 is 5.97 Å². The molecule has 1 aliphatic heterocycles. The first-order valence-corrected chi connectivity index (χ1v) is 6.06. The Bertz CT molecular complexity index is 413. The molecule has 17 heavy (non-hydrogen) atoms. The first-order chi connectivity index (χ1) is 8.02. The van der Waals surface area contributed by atoms with Crippen molar-refractivity contribution in [3.05, 3.63) is 23.7 Å². The van der Waals surface area contributed by atoms with E-state index >= 15 is 0 Å². The standard InChI is InChI=1S/C13H19NO3/c1-10-5-6-11(17-10)9-14-8-4-3-7-13(14,2)12(15)16/h5-6H,3-4,7-9H2,1-2H3,(H,15,16). The number of carbonyl (C=O) groups is 1. The molecule has 1 unspecified atom stereocenters. The highest BCUT2D eigenvalue weighted by Gasteiger charge is 2.41. The maximum atomic E-state index is 11.4. The summed E-state index contributed by atoms with van der Waals surface area (Å²) in [6, 6.07) is 3.84. The summed E-state index contributed by atoms with van der Waals surface area (Å²) in [6.07, 6.45) is 2.75. The summed E-state index contributed by atoms with van der Waals surface area (Å²) in [4.78, 5) is 13.4. The Hall–Kier alpha value is -1.29. The van der Waals surface area contributed by atoms with Crippen molar-refractivity contribution in [1.29, 1.82) is 0 Å². The van der Waals surface area contributed by atoms with Gasteiger partial charge in [-0.1, -0.05) is 0 Å². The number of nitrogens with zero attached hydrogens (tertiary/aromatic N) is 1. The third-order valence-electron chi connectivity index (χ3n) is 3.64. The quantitative estimate of drug-likeness (QED) is 0.877. The Morgan fingerprint density at radius 3 is 2.88 bits per heavy atom. The van der Waals surface area contributed by atoms with Gasteiger partial charge in [-0.3, -0.25) is 9.69 Å². The number of aliphatic carboxylic acids is 1. The van der Waals surface area contributed by atoms with Crippen LogP contribution >= 0.6 is 0 Å². The fraction of sp³-hybridized carbons (Fsp3) is 0.615. The Morgan fingerprint density at radius 1 is 1.53 bits per heavy atom. The number of hydrogen-bond acceptors (Lipinski definition) is 3. The lowest BCUT2D eigenvalue weighted by Gasteiger charge is -2.41. The van der Waals surface area contributed by atoms with E-state index in [4.69, 9.17) is 4.42 Å². The monoisotopic (exact) mass is 237 g/mol. The van der Waals surface area contributed by atoms with Crippen molar-refractivity contribution in [3.8, 4) is 0 Å². The molecule has 0 bridgehead atoms. The fourth-order valence-corrected chi connectivity index (χ4v) is 2.43. The van der Waals surface area contributed by atoms with Gasteiger partial charge < -0.3 is 9.52 Å². The lowest BCUT2D eigenvalue weighted by Crippen LogP contribution is -2.54. The lowest BCUT2D eigenvalue weighted by atomic mass is 9.88. The smallest absolute Gasteiger partial charge is 0.323 e. The average molecular weight is 237 g/mol. The molecule has 2 heterocycles. The van der Waals surface area contributed by atoms with E-state index in [0.717, 1.165) is 30.9 Å². The molecule has 1 aromatic rings. The van der Waals surface area contributed by atoms with Crippen LogP contribution in [-0.2, 0) is 11.3 Å². The predicted molar refractivity (Wildman–Crippen MR) is 63.7 cm³/mol. The highest BCUT2D eigenvalue weighted by molar-refractivity contribution is 5.78. The molecule has 1 aromatic heterocycles. The van der Waals surface area contributed by atoms with Gasteiger partial charge in [-0.25, -0.2) is 0 Å². The summed E-state index contributed by atoms with van der Waals surface area (Å²) in [5, 5.41) is 9.38. The van der Waals surface area contributed by atoms with Crippen molar-refractivity contribution in [1.82, 2.24) is 4.90 Å². The van der Waals surface area contributed by atoms with Crippen LogP contribution in [0.25, 0.3) is 0 Å². The van der Waals surface area contributed by atoms with E-state index in [-0.39, 0.29) is 0 Å². The van der Waals surface area contributed by atoms with Gasteiger partial charge >= 0.3 is 5.97 Å². The molecule has 94 valence electrons. The topological polar surface area (TPSA) is 53.7 Å². The van der Waals surface area contributed by atoms with Crippen LogP contribution in [0.15, 0.2) is 16.5 Å². The fourth-order valence-electron chi connectivity index (χ4n) is 2.43. The highest BCUT2D eigenvalue weighted by Crippen LogP contribution is 2.30. The maximum Gasteiger partial charge on any atom is 0.323 e. The van der Waals surface area contributed by atoms with Crippen LogP contribution in [0.4, 0.5) is 0 Å². The van der Waals surface area contributed by atoms with Crippen LogP contribution in [0.3, 0.4) is 0 Å². The van der Waals surface area contributed by atoms with Crippen molar-refractivity contribution in [3.63, 3.8) is 0 Å². The van der Waals surface area contributed by atoms with Crippen LogP contribution in [0, 0.1) is 6.92 Å². The molecule has 4 heteroatoms. The number of piperidine rings is 1. The van der Waals surface area contributed by atoms with Crippen molar-refractivity contribution in [2.45, 2.75) is 45.2 Å². The molecule has 0 aliphatic carbocycles. The minimum absolute atomic E-state index is 0.580. The number of carboxylic acids is 1. The van der Waals surface area contributed by atoms with Gasteiger partial charge in [-0.05, 0) is 51.8 Å². The first kappa shape index (κ1) is 12.2. The van der Waals surface area contributed by atoms with Gasteiger partial charge in [0, 0.05) is 0 Å². The molecule has 1 atom stereocenters. The maximum absolute atomic E-state index is 11.4. The summed E-state index contributed by atoms with van der Waals surface area (Å²) in [7, 11) is 0. The van der Waals surface area contributed by atoms with Gasteiger partial charge in [0.1, 0.15) is 17.1 Å². The van der Waals surface area contributed by atoms with Crippen LogP contribution < -0.4 is 0 Å². The van der Waals surface area contributed by atoms with E-state index < -0.39 is 11.5 Å². The van der Waals surface area contributed by atoms with E-state index in [1.165, 1.54) is 0 Å². The van der Waals surface area contributed by atoms with Crippen LogP contribution in [0.2, 0.25) is 0 Å². The predicted octanol–water partition coefficient (Wildman–Crippen LogP) is 2.42. The molecule has 1 aliphatic rings. The van der Waals surface area contributed by atoms with Crippen LogP contribution in [-0.4, -0.2) is 28.1 Å². The number of furan rings is 1. The Kier molecular flexibility index (Phi) is 3.24. The molecule has 0 aromatic carbocycles. The van der Waals surface area contributed by atoms with Gasteiger partial charge in [-0.15, -0.1) is 0 Å². The molecule has 0 amide bonds. The minimum Gasteiger partial charge on any atom is -0.480 e. The van der Waals surface area contributed by atoms with Gasteiger partial charge in [0.2, 0.25) is 0 Å². The second-order valence-electron chi connectivity index (χ2n) is 4.97. The van der Waals surface area contributed by atoms with Crippen LogP contribution in [0.5, 0.6) is 0 Å². The van der Waals surface area contributed by atoms with Crippen LogP contribution in [0.1, 0.15) is 37.7 Å². The average Bonchev–Trinajstić information content (AvgIpc) is 2.67. The molecule has 0 saturated carbocycles. The largest absolute Gasteiger partial charge is 0.480 e. The second kappa shape index (κ2) is 4.53. The highest BCUT2D eigenvalue weighted by atomic mass is 16.4. The van der Waals surface area contributed by atoms with E-state index in [1.54, 1.807) is 0 Å². The number of rotatable bonds is 3. The van der Waals surface area contributed by atoms with Crippen molar-refractivity contribution in [2.75, 3.05) is 6.54 Å². The zero-order valence-corrected chi connectivity index (χ0v) is 10.4. The summed E-state index contributed by atoms with van der Waals surface area (Å²) in [5.74, 6) is 0.978. The molecule has 1 saturated heterocycles. The molecule has 0 spiro atoms. The van der Waals surface area contributed by atoms with Crippen molar-refractivity contribution < 1.29 is 14.3 Å². The third-order valence-corrected chi connectivity index (χ3v) is 3.64. The molecule has 0 radical (unpaired) electrons. The van der Waals surface area contributed by atoms with E-state index in [9.17, 15) is 9.90 Å². The Morgan fingerprint density at radius 2 is 2.29 bits per heavy atom. The molecular formula is C13H19NO3. The van der Waals surface area contributed by atoms with Crippen molar-refractivity contribution in [2.24, 2.45) is 0 Å². The SMILES string of the molecule is Cc1ccc(CN2CCCCC2(C)C(=O)O)o1. The number of likely N-dealkylation sites (tertiary alicyclic amines) is 1. The summed E-state index contributed by atoms with van der Waals surface area (Å²) >= 11 is 0. The summed E-state index contributed by atoms with van der Waals surface area (Å²) in [5.41, 5.74) is -0.751. The summed E-state index contributed by atoms with van der Waals surface area (Å²) < 4.78 is 5.52. The Labute approximate surface area is 101 Å². The Balaban J connectivity index is 2.14. The van der Waals surface area contributed by atoms with Gasteiger partial charge in [0.05, 0.1) is 6.54 Å². The summed E-state index contributed by atoms with van der Waals surface area (Å²) in [6.45, 7) is 5.11. The molecule has 1 fully saturated rings. The molecular weight excluding hydrogens is 218 g/mol. The zero-order valence-electron chi connectivity index (χ0n) is 10.4. The molecule has 4 nitrogen and oxygen atoms in total. The number of aryl methyl sites for hydroxylation is 1. The minimum atomic E-state index is -0.751. The van der Waals surface area contributed by atoms with E-state index in [1.807, 2.05) is 30.9 Å². The second-order valence-corrected chi connectivity index (χ2v) is 4.97. The first-order valence-electron chi connectivity index (χ1n) is 6.06. The van der Waals surface area contributed by atoms with Gasteiger partial charge in [-0.2, -0.15) is 0 Å².